The van der Waals surface area contributed by atoms with Gasteiger partial charge < -0.3 is 9.88 Å². The molecule has 3 nitrogen and oxygen atoms in total. The van der Waals surface area contributed by atoms with E-state index in [4.69, 9.17) is 11.6 Å². The fourth-order valence-electron chi connectivity index (χ4n) is 3.46. The van der Waals surface area contributed by atoms with Crippen molar-refractivity contribution in [2.45, 2.75) is 11.8 Å². The Morgan fingerprint density at radius 3 is 1.71 bits per heavy atom. The van der Waals surface area contributed by atoms with Crippen molar-refractivity contribution < 1.29 is 9.36 Å². The smallest absolute Gasteiger partial charge is 0.255 e. The van der Waals surface area contributed by atoms with Crippen LogP contribution in [0.1, 0.15) is 15.9 Å². The molecule has 0 spiro atoms. The maximum atomic E-state index is 15.0. The van der Waals surface area contributed by atoms with Crippen molar-refractivity contribution in [1.82, 2.24) is 5.32 Å². The van der Waals surface area contributed by atoms with Gasteiger partial charge in [-0.3, -0.25) is 4.79 Å². The summed E-state index contributed by atoms with van der Waals surface area (Å²) in [5.74, 6) is -0.370. The lowest BCUT2D eigenvalue weighted by Crippen LogP contribution is -2.29. The highest BCUT2D eigenvalue weighted by molar-refractivity contribution is 8.05. The molecule has 0 atom stereocenters. The second kappa shape index (κ2) is 10.9. The zero-order valence-electron chi connectivity index (χ0n) is 18.5. The summed E-state index contributed by atoms with van der Waals surface area (Å²) in [5.41, 5.74) is 1.78. The van der Waals surface area contributed by atoms with Crippen LogP contribution in [0.5, 0.6) is 0 Å². The molecule has 4 aromatic rings. The standard InChI is InChI=1S/C28H23ClNO2PS/c1-21-17-19-25(20-18-21)34-26(29)28(30-27(31)22-11-5-2-6-12-22)33(32,23-13-7-3-8-14-23)24-15-9-4-10-16-24/h2-20H,1H3,(H,30,31)/b28-26+. The predicted molar refractivity (Wildman–Crippen MR) is 144 cm³/mol. The summed E-state index contributed by atoms with van der Waals surface area (Å²) in [6.45, 7) is 2.01. The summed E-state index contributed by atoms with van der Waals surface area (Å²) in [6.07, 6.45) is 0. The van der Waals surface area contributed by atoms with Gasteiger partial charge in [0.2, 0.25) is 0 Å². The molecule has 0 fully saturated rings. The Labute approximate surface area is 209 Å². The number of hydrogen-bond donors (Lipinski definition) is 1. The van der Waals surface area contributed by atoms with E-state index in [1.165, 1.54) is 11.8 Å². The number of rotatable bonds is 7. The van der Waals surface area contributed by atoms with E-state index in [0.717, 1.165) is 10.5 Å². The van der Waals surface area contributed by atoms with E-state index < -0.39 is 7.14 Å². The summed E-state index contributed by atoms with van der Waals surface area (Å²) >= 11 is 8.16. The summed E-state index contributed by atoms with van der Waals surface area (Å²) in [5, 5.41) is 4.11. The average Bonchev–Trinajstić information content (AvgIpc) is 2.89. The first-order chi connectivity index (χ1) is 16.5. The monoisotopic (exact) mass is 503 g/mol. The number of halogens is 1. The fourth-order valence-corrected chi connectivity index (χ4v) is 7.79. The highest BCUT2D eigenvalue weighted by Crippen LogP contribution is 2.54. The molecule has 6 heteroatoms. The van der Waals surface area contributed by atoms with Gasteiger partial charge in [-0.15, -0.1) is 0 Å². The number of benzene rings is 4. The molecule has 1 amide bonds. The maximum Gasteiger partial charge on any atom is 0.255 e. The first-order valence-corrected chi connectivity index (χ1v) is 13.6. The van der Waals surface area contributed by atoms with Gasteiger partial charge in [0, 0.05) is 21.1 Å². The van der Waals surface area contributed by atoms with Crippen LogP contribution in [0, 0.1) is 6.92 Å². The Bertz CT molecular complexity index is 1300. The zero-order valence-corrected chi connectivity index (χ0v) is 21.0. The Hall–Kier alpha value is -3.04. The molecule has 0 bridgehead atoms. The van der Waals surface area contributed by atoms with E-state index >= 15 is 0 Å². The largest absolute Gasteiger partial charge is 0.317 e. The molecule has 0 heterocycles. The number of aryl methyl sites for hydroxylation is 1. The van der Waals surface area contributed by atoms with Gasteiger partial charge in [0.15, 0.2) is 7.14 Å². The third kappa shape index (κ3) is 5.37. The molecule has 0 aliphatic rings. The molecule has 4 rings (SSSR count). The van der Waals surface area contributed by atoms with Crippen molar-refractivity contribution in [3.8, 4) is 0 Å². The summed E-state index contributed by atoms with van der Waals surface area (Å²) in [6, 6.07) is 35.0. The molecule has 0 unspecified atom stereocenters. The lowest BCUT2D eigenvalue weighted by molar-refractivity contribution is 0.0968. The molecule has 0 saturated carbocycles. The Balaban J connectivity index is 1.89. The summed E-state index contributed by atoms with van der Waals surface area (Å²) < 4.78 is 15.3. The van der Waals surface area contributed by atoms with Crippen molar-refractivity contribution in [3.63, 3.8) is 0 Å². The minimum atomic E-state index is -3.52. The van der Waals surface area contributed by atoms with E-state index in [-0.39, 0.29) is 15.7 Å². The van der Waals surface area contributed by atoms with Crippen molar-refractivity contribution in [2.75, 3.05) is 0 Å². The van der Waals surface area contributed by atoms with Crippen LogP contribution in [0.25, 0.3) is 0 Å². The average molecular weight is 504 g/mol. The minimum Gasteiger partial charge on any atom is -0.317 e. The van der Waals surface area contributed by atoms with E-state index in [2.05, 4.69) is 5.32 Å². The third-order valence-electron chi connectivity index (χ3n) is 5.24. The van der Waals surface area contributed by atoms with Crippen molar-refractivity contribution in [2.24, 2.45) is 0 Å². The van der Waals surface area contributed by atoms with Crippen molar-refractivity contribution in [3.05, 3.63) is 136 Å². The minimum absolute atomic E-state index is 0.200. The van der Waals surface area contributed by atoms with Gasteiger partial charge in [0.1, 0.15) is 9.80 Å². The number of thioether (sulfide) groups is 1. The first-order valence-electron chi connectivity index (χ1n) is 10.7. The van der Waals surface area contributed by atoms with E-state index in [1.807, 2.05) is 97.9 Å². The van der Waals surface area contributed by atoms with Gasteiger partial charge in [-0.25, -0.2) is 0 Å². The van der Waals surface area contributed by atoms with E-state index in [1.54, 1.807) is 24.3 Å². The number of amides is 1. The molecule has 34 heavy (non-hydrogen) atoms. The molecule has 1 N–H and O–H groups in total. The van der Waals surface area contributed by atoms with Crippen LogP contribution in [0.4, 0.5) is 0 Å². The highest BCUT2D eigenvalue weighted by atomic mass is 35.5. The normalized spacial score (nSPS) is 12.1. The first kappa shape index (κ1) is 24.1. The summed E-state index contributed by atoms with van der Waals surface area (Å²) in [4.78, 5) is 14.1. The summed E-state index contributed by atoms with van der Waals surface area (Å²) in [7, 11) is -3.52. The number of hydrogen-bond acceptors (Lipinski definition) is 3. The van der Waals surface area contributed by atoms with Gasteiger partial charge in [0.25, 0.3) is 5.91 Å². The topological polar surface area (TPSA) is 46.2 Å². The Morgan fingerprint density at radius 2 is 1.21 bits per heavy atom. The SMILES string of the molecule is Cc1ccc(S/C(Cl)=C(\NC(=O)c2ccccc2)P(=O)(c2ccccc2)c2ccccc2)cc1. The number of nitrogens with one attached hydrogen (secondary N) is 1. The lowest BCUT2D eigenvalue weighted by atomic mass is 10.2. The highest BCUT2D eigenvalue weighted by Gasteiger charge is 2.36. The molecule has 170 valence electrons. The van der Waals surface area contributed by atoms with Gasteiger partial charge >= 0.3 is 0 Å². The van der Waals surface area contributed by atoms with Crippen molar-refractivity contribution >= 4 is 47.0 Å². The molecule has 0 radical (unpaired) electrons. The van der Waals surface area contributed by atoms with Gasteiger partial charge in [-0.1, -0.05) is 120 Å². The van der Waals surface area contributed by atoms with Crippen LogP contribution in [0.2, 0.25) is 0 Å². The zero-order chi connectivity index (χ0) is 24.0. The van der Waals surface area contributed by atoms with Gasteiger partial charge in [-0.05, 0) is 31.2 Å². The number of carbonyl (C=O) groups is 1. The van der Waals surface area contributed by atoms with Crippen LogP contribution in [-0.2, 0) is 4.57 Å². The van der Waals surface area contributed by atoms with Crippen LogP contribution < -0.4 is 15.9 Å². The molecule has 0 saturated heterocycles. The molecule has 0 aliphatic carbocycles. The predicted octanol–water partition coefficient (Wildman–Crippen LogP) is 6.90. The van der Waals surface area contributed by atoms with Crippen LogP contribution >= 0.6 is 30.5 Å². The molecule has 0 aromatic heterocycles. The van der Waals surface area contributed by atoms with Gasteiger partial charge in [-0.2, -0.15) is 0 Å². The van der Waals surface area contributed by atoms with Crippen LogP contribution in [0.3, 0.4) is 0 Å². The fraction of sp³-hybridized carbons (Fsp3) is 0.0357. The Kier molecular flexibility index (Phi) is 7.74. The Morgan fingerprint density at radius 1 is 0.735 bits per heavy atom. The van der Waals surface area contributed by atoms with Gasteiger partial charge in [0.05, 0.1) is 0 Å². The maximum absolute atomic E-state index is 15.0. The van der Waals surface area contributed by atoms with Crippen LogP contribution in [0.15, 0.2) is 130 Å². The van der Waals surface area contributed by atoms with Crippen molar-refractivity contribution in [1.29, 1.82) is 0 Å². The van der Waals surface area contributed by atoms with E-state index in [0.29, 0.717) is 16.2 Å². The quantitative estimate of drug-likeness (QED) is 0.220. The molecule has 4 aromatic carbocycles. The van der Waals surface area contributed by atoms with Crippen LogP contribution in [-0.4, -0.2) is 5.91 Å². The molecule has 0 aliphatic heterocycles. The molecular weight excluding hydrogens is 481 g/mol. The third-order valence-corrected chi connectivity index (χ3v) is 9.85. The number of carbonyl (C=O) groups excluding carboxylic acids is 1. The second-order valence-electron chi connectivity index (χ2n) is 7.64. The van der Waals surface area contributed by atoms with E-state index in [9.17, 15) is 9.36 Å². The molecular formula is C28H23ClNO2PS. The second-order valence-corrected chi connectivity index (χ2v) is 12.0. The lowest BCUT2D eigenvalue weighted by Gasteiger charge is -2.24.